The Balaban J connectivity index is 2.18. The van der Waals surface area contributed by atoms with E-state index in [1.807, 2.05) is 6.07 Å². The van der Waals surface area contributed by atoms with Gasteiger partial charge in [-0.2, -0.15) is 0 Å². The molecule has 128 valence electrons. The normalized spacial score (nSPS) is 11.1. The van der Waals surface area contributed by atoms with Gasteiger partial charge >= 0.3 is 0 Å². The maximum absolute atomic E-state index is 5.08. The van der Waals surface area contributed by atoms with Gasteiger partial charge in [-0.3, -0.25) is 0 Å². The van der Waals surface area contributed by atoms with E-state index in [0.29, 0.717) is 0 Å². The number of pyridine rings is 1. The highest BCUT2D eigenvalue weighted by atomic mass is 127. The predicted molar refractivity (Wildman–Crippen MR) is 128 cm³/mol. The average Bonchev–Trinajstić information content (AvgIpc) is 2.68. The third-order valence-corrected chi connectivity index (χ3v) is 7.39. The molecule has 0 N–H and O–H groups in total. The number of nitrogens with zero attached hydrogens (tertiary/aromatic N) is 1. The molecule has 4 rings (SSSR count). The third-order valence-electron chi connectivity index (χ3n) is 4.68. The average molecular weight is 561 g/mol. The Hall–Kier alpha value is -1.47. The summed E-state index contributed by atoms with van der Waals surface area (Å²) in [5, 5.41) is 1.26. The van der Waals surface area contributed by atoms with Crippen LogP contribution in [0.1, 0.15) is 11.1 Å². The molecule has 0 amide bonds. The van der Waals surface area contributed by atoms with Crippen molar-refractivity contribution in [1.29, 1.82) is 0 Å². The number of rotatable bonds is 2. The predicted octanol–water partition coefficient (Wildman–Crippen LogP) is 7.39. The number of fused-ring (bicyclic) bond motifs is 1. The van der Waals surface area contributed by atoms with Gasteiger partial charge in [0.1, 0.15) is 0 Å². The highest BCUT2D eigenvalue weighted by Gasteiger charge is 2.19. The first-order valence-electron chi connectivity index (χ1n) is 8.47. The van der Waals surface area contributed by atoms with Crippen LogP contribution in [0.3, 0.4) is 0 Å². The molecule has 1 nitrogen and oxygen atoms in total. The zero-order valence-electron chi connectivity index (χ0n) is 14.6. The SMILES string of the molecule is Cc1cc2nc(-c3ccccc3)c(I)c(-c3ccccc3)c2c(C)c1I. The largest absolute Gasteiger partial charge is 0.247 e. The summed E-state index contributed by atoms with van der Waals surface area (Å²) in [7, 11) is 0. The number of hydrogen-bond acceptors (Lipinski definition) is 1. The molecule has 0 aliphatic rings. The summed E-state index contributed by atoms with van der Waals surface area (Å²) >= 11 is 4.92. The molecule has 0 saturated heterocycles. The lowest BCUT2D eigenvalue weighted by atomic mass is 9.94. The number of halogens is 2. The van der Waals surface area contributed by atoms with Crippen molar-refractivity contribution in [1.82, 2.24) is 4.98 Å². The Morgan fingerprint density at radius 1 is 0.731 bits per heavy atom. The first-order valence-corrected chi connectivity index (χ1v) is 10.6. The van der Waals surface area contributed by atoms with Crippen LogP contribution >= 0.6 is 45.2 Å². The molecular weight excluding hydrogens is 544 g/mol. The van der Waals surface area contributed by atoms with Crippen LogP contribution in [0.25, 0.3) is 33.3 Å². The van der Waals surface area contributed by atoms with E-state index in [0.717, 1.165) is 16.8 Å². The molecule has 3 heteroatoms. The second-order valence-corrected chi connectivity index (χ2v) is 8.57. The van der Waals surface area contributed by atoms with E-state index in [1.165, 1.54) is 34.8 Å². The van der Waals surface area contributed by atoms with Crippen molar-refractivity contribution in [3.63, 3.8) is 0 Å². The van der Waals surface area contributed by atoms with E-state index in [1.54, 1.807) is 0 Å². The lowest BCUT2D eigenvalue weighted by molar-refractivity contribution is 1.32. The fourth-order valence-corrected chi connectivity index (χ4v) is 4.84. The minimum absolute atomic E-state index is 1.05. The van der Waals surface area contributed by atoms with Gasteiger partial charge in [-0.25, -0.2) is 4.98 Å². The molecule has 0 radical (unpaired) electrons. The van der Waals surface area contributed by atoms with Crippen molar-refractivity contribution in [3.8, 4) is 22.4 Å². The van der Waals surface area contributed by atoms with Crippen LogP contribution in [0.2, 0.25) is 0 Å². The number of hydrogen-bond donors (Lipinski definition) is 0. The molecule has 0 saturated carbocycles. The molecule has 0 aliphatic carbocycles. The summed E-state index contributed by atoms with van der Waals surface area (Å²) in [6.07, 6.45) is 0. The van der Waals surface area contributed by atoms with Gasteiger partial charge in [0.15, 0.2) is 0 Å². The second-order valence-electron chi connectivity index (χ2n) is 6.41. The monoisotopic (exact) mass is 561 g/mol. The third kappa shape index (κ3) is 3.05. The molecular formula is C23H17I2N. The van der Waals surface area contributed by atoms with E-state index in [9.17, 15) is 0 Å². The number of benzene rings is 3. The smallest absolute Gasteiger partial charge is 0.0849 e. The molecule has 0 bridgehead atoms. The summed E-state index contributed by atoms with van der Waals surface area (Å²) < 4.78 is 2.52. The lowest BCUT2D eigenvalue weighted by Gasteiger charge is -2.17. The van der Waals surface area contributed by atoms with Crippen LogP contribution < -0.4 is 0 Å². The van der Waals surface area contributed by atoms with E-state index < -0.39 is 0 Å². The van der Waals surface area contributed by atoms with Crippen molar-refractivity contribution in [2.75, 3.05) is 0 Å². The van der Waals surface area contributed by atoms with Crippen LogP contribution in [0.4, 0.5) is 0 Å². The molecule has 1 heterocycles. The second kappa shape index (κ2) is 7.27. The lowest BCUT2D eigenvalue weighted by Crippen LogP contribution is -1.99. The topological polar surface area (TPSA) is 12.9 Å². The van der Waals surface area contributed by atoms with E-state index in [2.05, 4.69) is 120 Å². The number of aryl methyl sites for hydroxylation is 2. The van der Waals surface area contributed by atoms with E-state index >= 15 is 0 Å². The fourth-order valence-electron chi connectivity index (χ4n) is 3.40. The first-order chi connectivity index (χ1) is 12.6. The molecule has 1 aromatic heterocycles. The fraction of sp³-hybridized carbons (Fsp3) is 0.0870. The Morgan fingerprint density at radius 2 is 1.31 bits per heavy atom. The first kappa shape index (κ1) is 17.9. The molecule has 26 heavy (non-hydrogen) atoms. The zero-order valence-corrected chi connectivity index (χ0v) is 18.9. The quantitative estimate of drug-likeness (QED) is 0.233. The van der Waals surface area contributed by atoms with Gasteiger partial charge < -0.3 is 0 Å². The minimum Gasteiger partial charge on any atom is -0.247 e. The Labute approximate surface area is 181 Å². The van der Waals surface area contributed by atoms with Crippen LogP contribution in [0.15, 0.2) is 66.7 Å². The Morgan fingerprint density at radius 3 is 1.92 bits per heavy atom. The van der Waals surface area contributed by atoms with Crippen molar-refractivity contribution >= 4 is 56.1 Å². The van der Waals surface area contributed by atoms with E-state index in [-0.39, 0.29) is 0 Å². The van der Waals surface area contributed by atoms with Gasteiger partial charge in [-0.1, -0.05) is 60.7 Å². The van der Waals surface area contributed by atoms with Crippen molar-refractivity contribution in [2.45, 2.75) is 13.8 Å². The van der Waals surface area contributed by atoms with Gasteiger partial charge in [-0.15, -0.1) is 0 Å². The van der Waals surface area contributed by atoms with Crippen LogP contribution in [-0.2, 0) is 0 Å². The molecule has 4 aromatic rings. The highest BCUT2D eigenvalue weighted by molar-refractivity contribution is 14.1. The summed E-state index contributed by atoms with van der Waals surface area (Å²) in [5.74, 6) is 0. The van der Waals surface area contributed by atoms with Crippen LogP contribution in [0, 0.1) is 21.0 Å². The van der Waals surface area contributed by atoms with Gasteiger partial charge in [0.05, 0.1) is 11.2 Å². The van der Waals surface area contributed by atoms with Gasteiger partial charge in [0, 0.05) is 23.7 Å². The Bertz CT molecular complexity index is 1100. The molecule has 0 spiro atoms. The van der Waals surface area contributed by atoms with Crippen molar-refractivity contribution in [3.05, 3.63) is 85.0 Å². The maximum atomic E-state index is 5.08. The molecule has 3 aromatic carbocycles. The molecule has 0 atom stereocenters. The minimum atomic E-state index is 1.05. The summed E-state index contributed by atoms with van der Waals surface area (Å²) in [4.78, 5) is 5.08. The van der Waals surface area contributed by atoms with Crippen LogP contribution in [-0.4, -0.2) is 4.98 Å². The Kier molecular flexibility index (Phi) is 5.01. The van der Waals surface area contributed by atoms with E-state index in [4.69, 9.17) is 4.98 Å². The van der Waals surface area contributed by atoms with Crippen molar-refractivity contribution in [2.24, 2.45) is 0 Å². The zero-order chi connectivity index (χ0) is 18.3. The summed E-state index contributed by atoms with van der Waals surface area (Å²) in [6.45, 7) is 4.38. The number of aromatic nitrogens is 1. The van der Waals surface area contributed by atoms with Gasteiger partial charge in [0.2, 0.25) is 0 Å². The summed E-state index contributed by atoms with van der Waals surface area (Å²) in [6, 6.07) is 23.4. The van der Waals surface area contributed by atoms with Gasteiger partial charge in [-0.05, 0) is 81.8 Å². The van der Waals surface area contributed by atoms with Gasteiger partial charge in [0.25, 0.3) is 0 Å². The maximum Gasteiger partial charge on any atom is 0.0849 e. The van der Waals surface area contributed by atoms with Crippen molar-refractivity contribution < 1.29 is 0 Å². The van der Waals surface area contributed by atoms with Crippen LogP contribution in [0.5, 0.6) is 0 Å². The summed E-state index contributed by atoms with van der Waals surface area (Å²) in [5.41, 5.74) is 8.39. The highest BCUT2D eigenvalue weighted by Crippen LogP contribution is 2.40. The molecule has 0 aliphatic heterocycles. The standard InChI is InChI=1S/C23H17I2N/c1-14-13-18-19(15(2)21(14)24)20(16-9-5-3-6-10-16)22(25)23(26-18)17-11-7-4-8-12-17/h3-13H,1-2H3. The molecule has 0 unspecified atom stereocenters. The molecule has 0 fully saturated rings.